The van der Waals surface area contributed by atoms with Gasteiger partial charge < -0.3 is 10.2 Å². The molecule has 0 aliphatic carbocycles. The van der Waals surface area contributed by atoms with Crippen LogP contribution in [0, 0.1) is 6.92 Å². The summed E-state index contributed by atoms with van der Waals surface area (Å²) in [6.45, 7) is 6.76. The fourth-order valence-corrected chi connectivity index (χ4v) is 5.70. The summed E-state index contributed by atoms with van der Waals surface area (Å²) < 4.78 is 28.8. The van der Waals surface area contributed by atoms with Crippen LogP contribution in [0.5, 0.6) is 0 Å². The summed E-state index contributed by atoms with van der Waals surface area (Å²) in [5, 5.41) is 3.78. The van der Waals surface area contributed by atoms with E-state index in [1.54, 1.807) is 68.4 Å². The highest BCUT2D eigenvalue weighted by atomic mass is 35.5. The predicted molar refractivity (Wildman–Crippen MR) is 157 cm³/mol. The fourth-order valence-electron chi connectivity index (χ4n) is 3.92. The van der Waals surface area contributed by atoms with E-state index in [2.05, 4.69) is 5.32 Å². The molecule has 39 heavy (non-hydrogen) atoms. The summed E-state index contributed by atoms with van der Waals surface area (Å²) in [5.41, 5.74) is 1.65. The van der Waals surface area contributed by atoms with Crippen LogP contribution in [0.3, 0.4) is 0 Å². The number of amides is 2. The number of nitrogens with zero attached hydrogens (tertiary/aromatic N) is 2. The molecular weight excluding hydrogens is 557 g/mol. The van der Waals surface area contributed by atoms with Crippen LogP contribution in [0.15, 0.2) is 77.7 Å². The van der Waals surface area contributed by atoms with Crippen LogP contribution in [-0.2, 0) is 26.2 Å². The summed E-state index contributed by atoms with van der Waals surface area (Å²) in [6, 6.07) is 18.7. The van der Waals surface area contributed by atoms with Crippen molar-refractivity contribution in [2.24, 2.45) is 0 Å². The van der Waals surface area contributed by atoms with Crippen molar-refractivity contribution in [3.8, 4) is 0 Å². The van der Waals surface area contributed by atoms with Crippen LogP contribution < -0.4 is 9.62 Å². The summed E-state index contributed by atoms with van der Waals surface area (Å²) in [5.74, 6) is -0.876. The number of hydrogen-bond acceptors (Lipinski definition) is 4. The van der Waals surface area contributed by atoms with E-state index >= 15 is 0 Å². The third-order valence-electron chi connectivity index (χ3n) is 6.48. The van der Waals surface area contributed by atoms with E-state index in [4.69, 9.17) is 23.2 Å². The molecule has 0 aliphatic rings. The van der Waals surface area contributed by atoms with Crippen LogP contribution in [-0.4, -0.2) is 43.8 Å². The number of aryl methyl sites for hydroxylation is 1. The number of carbonyl (C=O) groups excluding carboxylic acids is 2. The zero-order chi connectivity index (χ0) is 28.7. The first-order chi connectivity index (χ1) is 18.4. The minimum absolute atomic E-state index is 0.0315. The van der Waals surface area contributed by atoms with Gasteiger partial charge in [0.1, 0.15) is 12.6 Å². The van der Waals surface area contributed by atoms with Gasteiger partial charge in [0.15, 0.2) is 0 Å². The molecule has 2 amide bonds. The summed E-state index contributed by atoms with van der Waals surface area (Å²) in [6.07, 6.45) is 0.723. The van der Waals surface area contributed by atoms with Crippen molar-refractivity contribution < 1.29 is 18.0 Å². The highest BCUT2D eigenvalue weighted by molar-refractivity contribution is 7.92. The lowest BCUT2D eigenvalue weighted by atomic mass is 10.1. The number of benzene rings is 3. The van der Waals surface area contributed by atoms with Crippen LogP contribution in [0.1, 0.15) is 38.3 Å². The molecule has 0 saturated carbocycles. The van der Waals surface area contributed by atoms with E-state index in [0.717, 1.165) is 16.3 Å². The molecule has 3 aromatic carbocycles. The maximum absolute atomic E-state index is 14.0. The van der Waals surface area contributed by atoms with E-state index < -0.39 is 28.5 Å². The van der Waals surface area contributed by atoms with Crippen LogP contribution in [0.25, 0.3) is 0 Å². The summed E-state index contributed by atoms with van der Waals surface area (Å²) in [4.78, 5) is 28.5. The van der Waals surface area contributed by atoms with Crippen molar-refractivity contribution in [1.82, 2.24) is 10.2 Å². The van der Waals surface area contributed by atoms with Gasteiger partial charge in [-0.15, -0.1) is 0 Å². The highest BCUT2D eigenvalue weighted by Gasteiger charge is 2.33. The molecule has 0 bridgehead atoms. The van der Waals surface area contributed by atoms with Crippen molar-refractivity contribution in [2.75, 3.05) is 10.8 Å². The number of hydrogen-bond donors (Lipinski definition) is 1. The average Bonchev–Trinajstić information content (AvgIpc) is 2.92. The third kappa shape index (κ3) is 7.75. The number of anilines is 1. The molecular formula is C29H33Cl2N3O4S. The molecule has 10 heteroatoms. The maximum atomic E-state index is 14.0. The molecule has 0 unspecified atom stereocenters. The van der Waals surface area contributed by atoms with E-state index in [-0.39, 0.29) is 29.1 Å². The monoisotopic (exact) mass is 589 g/mol. The second-order valence-electron chi connectivity index (χ2n) is 9.40. The first-order valence-corrected chi connectivity index (χ1v) is 14.8. The van der Waals surface area contributed by atoms with E-state index in [9.17, 15) is 18.0 Å². The van der Waals surface area contributed by atoms with Gasteiger partial charge in [-0.1, -0.05) is 66.5 Å². The Morgan fingerprint density at radius 3 is 2.15 bits per heavy atom. The largest absolute Gasteiger partial charge is 0.352 e. The molecule has 7 nitrogen and oxygen atoms in total. The molecule has 0 spiro atoms. The molecule has 0 radical (unpaired) electrons. The smallest absolute Gasteiger partial charge is 0.264 e. The first kappa shape index (κ1) is 30.5. The second-order valence-corrected chi connectivity index (χ2v) is 12.1. The quantitative estimate of drug-likeness (QED) is 0.305. The SMILES string of the molecule is CC[C@H](C)NC(=O)[C@@H](C)N(Cc1ccc(Cl)cc1)C(=O)CN(c1cc(Cl)ccc1C)S(=O)(=O)c1ccccc1. The van der Waals surface area contributed by atoms with Crippen LogP contribution >= 0.6 is 23.2 Å². The third-order valence-corrected chi connectivity index (χ3v) is 8.75. The number of carbonyl (C=O) groups is 2. The van der Waals surface area contributed by atoms with Gasteiger partial charge >= 0.3 is 0 Å². The lowest BCUT2D eigenvalue weighted by Gasteiger charge is -2.33. The molecule has 0 aromatic heterocycles. The van der Waals surface area contributed by atoms with Gasteiger partial charge in [-0.2, -0.15) is 0 Å². The van der Waals surface area contributed by atoms with Gasteiger partial charge in [0.25, 0.3) is 10.0 Å². The molecule has 0 fully saturated rings. The minimum atomic E-state index is -4.16. The number of nitrogens with one attached hydrogen (secondary N) is 1. The van der Waals surface area contributed by atoms with Crippen LogP contribution in [0.2, 0.25) is 10.0 Å². The molecule has 208 valence electrons. The zero-order valence-corrected chi connectivity index (χ0v) is 24.7. The Hall–Kier alpha value is -3.07. The molecule has 0 aliphatic heterocycles. The van der Waals surface area contributed by atoms with Gasteiger partial charge in [0.2, 0.25) is 11.8 Å². The van der Waals surface area contributed by atoms with Crippen molar-refractivity contribution in [3.05, 3.63) is 94.0 Å². The predicted octanol–water partition coefficient (Wildman–Crippen LogP) is 5.83. The average molecular weight is 591 g/mol. The van der Waals surface area contributed by atoms with Gasteiger partial charge in [0, 0.05) is 22.6 Å². The lowest BCUT2D eigenvalue weighted by molar-refractivity contribution is -0.139. The van der Waals surface area contributed by atoms with Crippen molar-refractivity contribution in [1.29, 1.82) is 0 Å². The standard InChI is InChI=1S/C29H33Cl2N3O4S/c1-5-21(3)32-29(36)22(4)33(18-23-12-15-24(30)16-13-23)28(35)19-34(27-17-25(31)14-11-20(27)2)39(37,38)26-9-7-6-8-10-26/h6-17,21-22H,5,18-19H2,1-4H3,(H,32,36)/t21-,22+/m0/s1. The Kier molecular flexibility index (Phi) is 10.4. The fraction of sp³-hybridized carbons (Fsp3) is 0.310. The highest BCUT2D eigenvalue weighted by Crippen LogP contribution is 2.30. The molecule has 3 rings (SSSR count). The Bertz CT molecular complexity index is 1400. The molecule has 2 atom stereocenters. The van der Waals surface area contributed by atoms with E-state index in [1.165, 1.54) is 23.1 Å². The van der Waals surface area contributed by atoms with Gasteiger partial charge in [-0.3, -0.25) is 13.9 Å². The molecule has 0 heterocycles. The number of rotatable bonds is 11. The van der Waals surface area contributed by atoms with Gasteiger partial charge in [-0.05, 0) is 74.7 Å². The Balaban J connectivity index is 2.05. The van der Waals surface area contributed by atoms with Crippen LogP contribution in [0.4, 0.5) is 5.69 Å². The number of halogens is 2. The molecule has 1 N–H and O–H groups in total. The maximum Gasteiger partial charge on any atom is 0.264 e. The normalized spacial score (nSPS) is 12.9. The molecule has 0 saturated heterocycles. The molecule has 3 aromatic rings. The topological polar surface area (TPSA) is 86.8 Å². The van der Waals surface area contributed by atoms with Crippen molar-refractivity contribution in [3.63, 3.8) is 0 Å². The Labute approximate surface area is 240 Å². The van der Waals surface area contributed by atoms with Crippen molar-refractivity contribution >= 4 is 50.7 Å². The van der Waals surface area contributed by atoms with E-state index in [0.29, 0.717) is 15.6 Å². The summed E-state index contributed by atoms with van der Waals surface area (Å²) in [7, 11) is -4.16. The van der Waals surface area contributed by atoms with Crippen molar-refractivity contribution in [2.45, 2.75) is 57.6 Å². The minimum Gasteiger partial charge on any atom is -0.352 e. The summed E-state index contributed by atoms with van der Waals surface area (Å²) >= 11 is 12.3. The van der Waals surface area contributed by atoms with Gasteiger partial charge in [-0.25, -0.2) is 8.42 Å². The van der Waals surface area contributed by atoms with E-state index in [1.807, 2.05) is 13.8 Å². The zero-order valence-electron chi connectivity index (χ0n) is 22.4. The first-order valence-electron chi connectivity index (χ1n) is 12.6. The number of sulfonamides is 1. The van der Waals surface area contributed by atoms with Gasteiger partial charge in [0.05, 0.1) is 10.6 Å². The lowest BCUT2D eigenvalue weighted by Crippen LogP contribution is -2.52. The second kappa shape index (κ2) is 13.3. The Morgan fingerprint density at radius 2 is 1.54 bits per heavy atom. The Morgan fingerprint density at radius 1 is 0.923 bits per heavy atom.